The number of methoxy groups -OCH3 is 2. The molecule has 0 bridgehead atoms. The molecule has 1 aliphatic heterocycles. The number of nitrogens with zero attached hydrogens (tertiary/aromatic N) is 5. The normalized spacial score (nSPS) is 20.1. The number of hydrogen-bond donors (Lipinski definition) is 0. The van der Waals surface area contributed by atoms with Crippen molar-refractivity contribution in [2.45, 2.75) is 32.2 Å². The van der Waals surface area contributed by atoms with Crippen LogP contribution in [0, 0.1) is 5.92 Å². The Kier molecular flexibility index (Phi) is 5.80. The molecule has 0 aliphatic carbocycles. The van der Waals surface area contributed by atoms with E-state index in [1.807, 2.05) is 18.2 Å². The number of benzene rings is 1. The van der Waals surface area contributed by atoms with Crippen LogP contribution in [-0.4, -0.2) is 51.8 Å². The quantitative estimate of drug-likeness (QED) is 0.609. The van der Waals surface area contributed by atoms with Gasteiger partial charge in [0.05, 0.1) is 19.9 Å². The number of aromatic nitrogens is 4. The molecule has 3 heterocycles. The molecule has 160 valence electrons. The fourth-order valence-electron chi connectivity index (χ4n) is 4.12. The van der Waals surface area contributed by atoms with Gasteiger partial charge in [-0.15, -0.1) is 0 Å². The lowest BCUT2D eigenvalue weighted by atomic mass is 9.84. The molecule has 1 aliphatic rings. The molecule has 0 radical (unpaired) electrons. The second-order valence-corrected chi connectivity index (χ2v) is 7.66. The number of halogens is 2. The second-order valence-electron chi connectivity index (χ2n) is 7.66. The third kappa shape index (κ3) is 3.94. The van der Waals surface area contributed by atoms with E-state index in [0.717, 1.165) is 42.3 Å². The van der Waals surface area contributed by atoms with Gasteiger partial charge in [-0.05, 0) is 31.0 Å². The Labute approximate surface area is 173 Å². The van der Waals surface area contributed by atoms with Gasteiger partial charge in [-0.2, -0.15) is 10.1 Å². The molecule has 1 aromatic carbocycles. The van der Waals surface area contributed by atoms with Crippen LogP contribution in [0.25, 0.3) is 5.78 Å². The van der Waals surface area contributed by atoms with Crippen molar-refractivity contribution >= 4 is 5.78 Å². The molecule has 30 heavy (non-hydrogen) atoms. The lowest BCUT2D eigenvalue weighted by molar-refractivity contribution is 0.143. The Hall–Kier alpha value is -2.81. The number of rotatable bonds is 6. The summed E-state index contributed by atoms with van der Waals surface area (Å²) in [6.45, 7) is 4.49. The Morgan fingerprint density at radius 2 is 2.03 bits per heavy atom. The maximum absolute atomic E-state index is 13.4. The van der Waals surface area contributed by atoms with Gasteiger partial charge in [-0.25, -0.2) is 18.3 Å². The Morgan fingerprint density at radius 1 is 1.20 bits per heavy atom. The molecule has 9 heteroatoms. The monoisotopic (exact) mass is 417 g/mol. The van der Waals surface area contributed by atoms with E-state index in [0.29, 0.717) is 12.5 Å². The van der Waals surface area contributed by atoms with E-state index in [2.05, 4.69) is 26.9 Å². The smallest absolute Gasteiger partial charge is 0.280 e. The van der Waals surface area contributed by atoms with Crippen molar-refractivity contribution in [3.63, 3.8) is 0 Å². The van der Waals surface area contributed by atoms with Gasteiger partial charge in [0.15, 0.2) is 0 Å². The van der Waals surface area contributed by atoms with Gasteiger partial charge in [-0.3, -0.25) is 4.90 Å². The molecule has 2 atom stereocenters. The van der Waals surface area contributed by atoms with Crippen LogP contribution in [-0.2, 0) is 6.54 Å². The summed E-state index contributed by atoms with van der Waals surface area (Å²) in [5, 5.41) is 4.23. The SMILES string of the molecule is COc1ccc(CN2CC[C@H](C)[C@@H](c3cc(C(F)F)nc4ncnn34)C2)c(OC)c1. The number of piperidine rings is 1. The molecule has 4 rings (SSSR count). The van der Waals surface area contributed by atoms with E-state index in [1.165, 1.54) is 12.4 Å². The third-order valence-corrected chi connectivity index (χ3v) is 5.83. The minimum atomic E-state index is -2.65. The van der Waals surface area contributed by atoms with Crippen LogP contribution >= 0.6 is 0 Å². The number of fused-ring (bicyclic) bond motifs is 1. The fourth-order valence-corrected chi connectivity index (χ4v) is 4.12. The highest BCUT2D eigenvalue weighted by molar-refractivity contribution is 5.41. The first-order chi connectivity index (χ1) is 14.5. The largest absolute Gasteiger partial charge is 0.497 e. The summed E-state index contributed by atoms with van der Waals surface area (Å²) in [7, 11) is 3.27. The van der Waals surface area contributed by atoms with E-state index in [9.17, 15) is 8.78 Å². The first-order valence-corrected chi connectivity index (χ1v) is 9.92. The fraction of sp³-hybridized carbons (Fsp3) is 0.476. The summed E-state index contributed by atoms with van der Waals surface area (Å²) in [5.74, 6) is 2.08. The van der Waals surface area contributed by atoms with Crippen molar-refractivity contribution in [2.24, 2.45) is 5.92 Å². The Balaban J connectivity index is 1.62. The van der Waals surface area contributed by atoms with Crippen molar-refractivity contribution in [1.82, 2.24) is 24.5 Å². The average molecular weight is 417 g/mol. The molecule has 0 saturated carbocycles. The third-order valence-electron chi connectivity index (χ3n) is 5.83. The van der Waals surface area contributed by atoms with Crippen LogP contribution in [0.3, 0.4) is 0 Å². The van der Waals surface area contributed by atoms with E-state index in [4.69, 9.17) is 9.47 Å². The zero-order chi connectivity index (χ0) is 21.3. The first kappa shape index (κ1) is 20.5. The molecule has 7 nitrogen and oxygen atoms in total. The van der Waals surface area contributed by atoms with Gasteiger partial charge in [0.25, 0.3) is 12.2 Å². The van der Waals surface area contributed by atoms with Gasteiger partial charge in [0.2, 0.25) is 0 Å². The van der Waals surface area contributed by atoms with Gasteiger partial charge in [0.1, 0.15) is 23.5 Å². The molecule has 0 spiro atoms. The highest BCUT2D eigenvalue weighted by atomic mass is 19.3. The topological polar surface area (TPSA) is 64.8 Å². The van der Waals surface area contributed by atoms with Gasteiger partial charge in [-0.1, -0.05) is 13.0 Å². The zero-order valence-electron chi connectivity index (χ0n) is 17.3. The molecule has 0 amide bonds. The number of hydrogen-bond acceptors (Lipinski definition) is 6. The Bertz CT molecular complexity index is 1030. The van der Waals surface area contributed by atoms with Crippen molar-refractivity contribution in [2.75, 3.05) is 27.3 Å². The van der Waals surface area contributed by atoms with Crippen LogP contribution in [0.15, 0.2) is 30.6 Å². The van der Waals surface area contributed by atoms with Crippen LogP contribution in [0.1, 0.15) is 42.6 Å². The molecular weight excluding hydrogens is 392 g/mol. The lowest BCUT2D eigenvalue weighted by Gasteiger charge is -2.37. The molecular formula is C21H25F2N5O2. The molecule has 1 saturated heterocycles. The standard InChI is InChI=1S/C21H25F2N5O2/c1-13-6-7-27(10-14-4-5-15(29-2)8-19(14)30-3)11-16(13)18-9-17(20(22)23)26-21-24-12-25-28(18)21/h4-5,8-9,12-13,16,20H,6-7,10-11H2,1-3H3/t13-,16-/m0/s1. The summed E-state index contributed by atoms with van der Waals surface area (Å²) in [6, 6.07) is 7.27. The molecule has 0 N–H and O–H groups in total. The van der Waals surface area contributed by atoms with Gasteiger partial charge >= 0.3 is 0 Å². The summed E-state index contributed by atoms with van der Waals surface area (Å²) in [6.07, 6.45) is -0.343. The maximum atomic E-state index is 13.4. The van der Waals surface area contributed by atoms with Gasteiger partial charge < -0.3 is 9.47 Å². The lowest BCUT2D eigenvalue weighted by Crippen LogP contribution is -2.38. The summed E-state index contributed by atoms with van der Waals surface area (Å²) >= 11 is 0. The van der Waals surface area contributed by atoms with Gasteiger partial charge in [0, 0.05) is 30.6 Å². The van der Waals surface area contributed by atoms with E-state index in [1.54, 1.807) is 18.7 Å². The molecule has 1 fully saturated rings. The van der Waals surface area contributed by atoms with Crippen molar-refractivity contribution < 1.29 is 18.3 Å². The Morgan fingerprint density at radius 3 is 2.77 bits per heavy atom. The zero-order valence-corrected chi connectivity index (χ0v) is 17.3. The minimum absolute atomic E-state index is 0.0349. The average Bonchev–Trinajstić information content (AvgIpc) is 3.23. The van der Waals surface area contributed by atoms with E-state index < -0.39 is 6.43 Å². The van der Waals surface area contributed by atoms with Crippen LogP contribution in [0.5, 0.6) is 11.5 Å². The van der Waals surface area contributed by atoms with E-state index >= 15 is 0 Å². The van der Waals surface area contributed by atoms with Crippen LogP contribution < -0.4 is 9.47 Å². The van der Waals surface area contributed by atoms with Crippen molar-refractivity contribution in [1.29, 1.82) is 0 Å². The van der Waals surface area contributed by atoms with Crippen LogP contribution in [0.4, 0.5) is 8.78 Å². The van der Waals surface area contributed by atoms with Crippen molar-refractivity contribution in [3.8, 4) is 11.5 Å². The van der Waals surface area contributed by atoms with Crippen molar-refractivity contribution in [3.05, 3.63) is 47.5 Å². The molecule has 2 aromatic heterocycles. The predicted octanol–water partition coefficient (Wildman–Crippen LogP) is 3.70. The highest BCUT2D eigenvalue weighted by Crippen LogP contribution is 2.35. The summed E-state index contributed by atoms with van der Waals surface area (Å²) < 4.78 is 39.2. The summed E-state index contributed by atoms with van der Waals surface area (Å²) in [4.78, 5) is 10.3. The number of ether oxygens (including phenoxy) is 2. The van der Waals surface area contributed by atoms with Crippen LogP contribution in [0.2, 0.25) is 0 Å². The maximum Gasteiger partial charge on any atom is 0.280 e. The molecule has 0 unspecified atom stereocenters. The first-order valence-electron chi connectivity index (χ1n) is 9.92. The summed E-state index contributed by atoms with van der Waals surface area (Å²) in [5.41, 5.74) is 1.53. The second kappa shape index (κ2) is 8.51. The molecule has 3 aromatic rings. The minimum Gasteiger partial charge on any atom is -0.497 e. The predicted molar refractivity (Wildman–Crippen MR) is 107 cm³/mol. The number of alkyl halides is 2. The van der Waals surface area contributed by atoms with E-state index in [-0.39, 0.29) is 17.4 Å². The number of likely N-dealkylation sites (tertiary alicyclic amines) is 1. The highest BCUT2D eigenvalue weighted by Gasteiger charge is 2.31.